The van der Waals surface area contributed by atoms with E-state index in [2.05, 4.69) is 22.8 Å². The zero-order chi connectivity index (χ0) is 19.1. The van der Waals surface area contributed by atoms with E-state index in [1.54, 1.807) is 0 Å². The Morgan fingerprint density at radius 2 is 1.52 bits per heavy atom. The van der Waals surface area contributed by atoms with Crippen LogP contribution in [0.15, 0.2) is 54.6 Å². The summed E-state index contributed by atoms with van der Waals surface area (Å²) >= 11 is 0. The Hall–Kier alpha value is -2.62. The van der Waals surface area contributed by atoms with E-state index in [1.165, 1.54) is 12.8 Å². The Morgan fingerprint density at radius 1 is 0.926 bits per heavy atom. The molecule has 142 valence electrons. The molecule has 1 aliphatic rings. The molecule has 0 bridgehead atoms. The van der Waals surface area contributed by atoms with Crippen LogP contribution >= 0.6 is 0 Å². The minimum Gasteiger partial charge on any atom is -0.326 e. The van der Waals surface area contributed by atoms with Gasteiger partial charge in [0.1, 0.15) is 0 Å². The first-order valence-electron chi connectivity index (χ1n) is 9.93. The molecule has 2 aromatic carbocycles. The van der Waals surface area contributed by atoms with Crippen molar-refractivity contribution in [2.24, 2.45) is 5.92 Å². The standard InChI is InChI=1S/C23H28N2O2/c1-2-8-21(26)24-19-13-15-20(16-14-19)25-23(27)22(18-11-6-7-12-18)17-9-4-3-5-10-17/h3-5,9-10,13-16,18,22H,2,6-8,11-12H2,1H3,(H,24,26)(H,25,27). The molecule has 3 rings (SSSR count). The summed E-state index contributed by atoms with van der Waals surface area (Å²) in [7, 11) is 0. The molecule has 1 atom stereocenters. The van der Waals surface area contributed by atoms with Crippen molar-refractivity contribution in [2.45, 2.75) is 51.4 Å². The normalized spacial score (nSPS) is 15.3. The number of amides is 2. The fourth-order valence-corrected chi connectivity index (χ4v) is 3.90. The lowest BCUT2D eigenvalue weighted by atomic mass is 9.84. The molecular formula is C23H28N2O2. The highest BCUT2D eigenvalue weighted by Crippen LogP contribution is 2.38. The lowest BCUT2D eigenvalue weighted by molar-refractivity contribution is -0.119. The Bertz CT molecular complexity index is 750. The van der Waals surface area contributed by atoms with E-state index in [0.717, 1.165) is 36.2 Å². The van der Waals surface area contributed by atoms with E-state index >= 15 is 0 Å². The Kier molecular flexibility index (Phi) is 6.64. The van der Waals surface area contributed by atoms with E-state index in [4.69, 9.17) is 0 Å². The molecule has 0 saturated heterocycles. The summed E-state index contributed by atoms with van der Waals surface area (Å²) in [6.07, 6.45) is 5.95. The van der Waals surface area contributed by atoms with E-state index in [-0.39, 0.29) is 17.7 Å². The SMILES string of the molecule is CCCC(=O)Nc1ccc(NC(=O)C(c2ccccc2)C2CCCC2)cc1. The predicted octanol–water partition coefficient (Wildman–Crippen LogP) is 5.34. The van der Waals surface area contributed by atoms with Crippen LogP contribution < -0.4 is 10.6 Å². The quantitative estimate of drug-likeness (QED) is 0.697. The molecule has 0 aromatic heterocycles. The number of nitrogens with one attached hydrogen (secondary N) is 2. The average Bonchev–Trinajstić information content (AvgIpc) is 3.19. The van der Waals surface area contributed by atoms with Gasteiger partial charge in [0.25, 0.3) is 0 Å². The molecule has 1 aliphatic carbocycles. The summed E-state index contributed by atoms with van der Waals surface area (Å²) in [5.41, 5.74) is 2.60. The van der Waals surface area contributed by atoms with Crippen molar-refractivity contribution in [1.82, 2.24) is 0 Å². The van der Waals surface area contributed by atoms with Gasteiger partial charge in [-0.3, -0.25) is 9.59 Å². The van der Waals surface area contributed by atoms with Gasteiger partial charge < -0.3 is 10.6 Å². The lowest BCUT2D eigenvalue weighted by Gasteiger charge is -2.23. The Labute approximate surface area is 161 Å². The van der Waals surface area contributed by atoms with Gasteiger partial charge in [-0.15, -0.1) is 0 Å². The van der Waals surface area contributed by atoms with Crippen LogP contribution in [0.3, 0.4) is 0 Å². The third-order valence-corrected chi connectivity index (χ3v) is 5.23. The van der Waals surface area contributed by atoms with Gasteiger partial charge in [0.05, 0.1) is 5.92 Å². The van der Waals surface area contributed by atoms with Crippen LogP contribution in [-0.2, 0) is 9.59 Å². The van der Waals surface area contributed by atoms with Crippen LogP contribution in [0.2, 0.25) is 0 Å². The van der Waals surface area contributed by atoms with Crippen molar-refractivity contribution in [3.63, 3.8) is 0 Å². The van der Waals surface area contributed by atoms with Crippen LogP contribution in [0, 0.1) is 5.92 Å². The molecule has 4 heteroatoms. The zero-order valence-electron chi connectivity index (χ0n) is 15.9. The Morgan fingerprint density at radius 3 is 2.11 bits per heavy atom. The van der Waals surface area contributed by atoms with Crippen LogP contribution in [0.1, 0.15) is 56.9 Å². The number of hydrogen-bond acceptors (Lipinski definition) is 2. The largest absolute Gasteiger partial charge is 0.326 e. The number of rotatable bonds is 7. The first-order chi connectivity index (χ1) is 13.2. The maximum atomic E-state index is 13.1. The third-order valence-electron chi connectivity index (χ3n) is 5.23. The van der Waals surface area contributed by atoms with Crippen LogP contribution in [-0.4, -0.2) is 11.8 Å². The van der Waals surface area contributed by atoms with Gasteiger partial charge >= 0.3 is 0 Å². The number of anilines is 2. The molecule has 0 aliphatic heterocycles. The number of carbonyl (C=O) groups is 2. The minimum atomic E-state index is -0.113. The summed E-state index contributed by atoms with van der Waals surface area (Å²) in [4.78, 5) is 24.8. The highest BCUT2D eigenvalue weighted by atomic mass is 16.2. The molecular weight excluding hydrogens is 336 g/mol. The van der Waals surface area contributed by atoms with Gasteiger partial charge in [-0.25, -0.2) is 0 Å². The molecule has 0 spiro atoms. The summed E-state index contributed by atoms with van der Waals surface area (Å²) in [6, 6.07) is 17.4. The predicted molar refractivity (Wildman–Crippen MR) is 110 cm³/mol. The molecule has 4 nitrogen and oxygen atoms in total. The van der Waals surface area contributed by atoms with Crippen LogP contribution in [0.4, 0.5) is 11.4 Å². The molecule has 1 fully saturated rings. The van der Waals surface area contributed by atoms with E-state index in [9.17, 15) is 9.59 Å². The number of benzene rings is 2. The summed E-state index contributed by atoms with van der Waals surface area (Å²) in [6.45, 7) is 1.98. The third kappa shape index (κ3) is 5.19. The van der Waals surface area contributed by atoms with Crippen molar-refractivity contribution in [3.05, 3.63) is 60.2 Å². The maximum absolute atomic E-state index is 13.1. The maximum Gasteiger partial charge on any atom is 0.232 e. The smallest absolute Gasteiger partial charge is 0.232 e. The van der Waals surface area contributed by atoms with Gasteiger partial charge in [-0.05, 0) is 55.0 Å². The van der Waals surface area contributed by atoms with Crippen molar-refractivity contribution in [2.75, 3.05) is 10.6 Å². The van der Waals surface area contributed by atoms with Gasteiger partial charge in [-0.1, -0.05) is 50.1 Å². The molecule has 1 saturated carbocycles. The second kappa shape index (κ2) is 9.36. The van der Waals surface area contributed by atoms with Crippen molar-refractivity contribution < 1.29 is 9.59 Å². The molecule has 1 unspecified atom stereocenters. The molecule has 2 N–H and O–H groups in total. The second-order valence-corrected chi connectivity index (χ2v) is 7.30. The number of carbonyl (C=O) groups excluding carboxylic acids is 2. The minimum absolute atomic E-state index is 0.0136. The highest BCUT2D eigenvalue weighted by molar-refractivity contribution is 5.96. The molecule has 0 radical (unpaired) electrons. The lowest BCUT2D eigenvalue weighted by Crippen LogP contribution is -2.26. The average molecular weight is 364 g/mol. The monoisotopic (exact) mass is 364 g/mol. The molecule has 2 amide bonds. The fourth-order valence-electron chi connectivity index (χ4n) is 3.90. The van der Waals surface area contributed by atoms with Crippen LogP contribution in [0.5, 0.6) is 0 Å². The summed E-state index contributed by atoms with van der Waals surface area (Å²) < 4.78 is 0. The topological polar surface area (TPSA) is 58.2 Å². The van der Waals surface area contributed by atoms with Crippen molar-refractivity contribution in [3.8, 4) is 0 Å². The summed E-state index contributed by atoms with van der Waals surface area (Å²) in [5.74, 6) is 0.355. The van der Waals surface area contributed by atoms with Gasteiger partial charge in [0, 0.05) is 17.8 Å². The van der Waals surface area contributed by atoms with Gasteiger partial charge in [0.2, 0.25) is 11.8 Å². The van der Waals surface area contributed by atoms with Gasteiger partial charge in [0.15, 0.2) is 0 Å². The molecule has 27 heavy (non-hydrogen) atoms. The van der Waals surface area contributed by atoms with Crippen LogP contribution in [0.25, 0.3) is 0 Å². The second-order valence-electron chi connectivity index (χ2n) is 7.30. The highest BCUT2D eigenvalue weighted by Gasteiger charge is 2.31. The summed E-state index contributed by atoms with van der Waals surface area (Å²) in [5, 5.41) is 5.94. The fraction of sp³-hybridized carbons (Fsp3) is 0.391. The van der Waals surface area contributed by atoms with Gasteiger partial charge in [-0.2, -0.15) is 0 Å². The molecule has 0 heterocycles. The van der Waals surface area contributed by atoms with E-state index < -0.39 is 0 Å². The number of hydrogen-bond donors (Lipinski definition) is 2. The Balaban J connectivity index is 1.69. The molecule has 2 aromatic rings. The van der Waals surface area contributed by atoms with E-state index in [0.29, 0.717) is 12.3 Å². The van der Waals surface area contributed by atoms with Crippen molar-refractivity contribution in [1.29, 1.82) is 0 Å². The zero-order valence-corrected chi connectivity index (χ0v) is 15.9. The van der Waals surface area contributed by atoms with E-state index in [1.807, 2.05) is 49.4 Å². The van der Waals surface area contributed by atoms with Crippen molar-refractivity contribution >= 4 is 23.2 Å². The first kappa shape index (κ1) is 19.2. The first-order valence-corrected chi connectivity index (χ1v) is 9.93.